The van der Waals surface area contributed by atoms with Crippen LogP contribution >= 0.6 is 0 Å². The van der Waals surface area contributed by atoms with E-state index in [9.17, 15) is 0 Å². The second-order valence-electron chi connectivity index (χ2n) is 7.56. The van der Waals surface area contributed by atoms with Crippen LogP contribution in [0.4, 0.5) is 5.69 Å². The van der Waals surface area contributed by atoms with Crippen LogP contribution in [0.3, 0.4) is 0 Å². The van der Waals surface area contributed by atoms with Gasteiger partial charge in [0.1, 0.15) is 5.58 Å². The van der Waals surface area contributed by atoms with E-state index < -0.39 is 0 Å². The van der Waals surface area contributed by atoms with Crippen molar-refractivity contribution in [1.29, 1.82) is 0 Å². The van der Waals surface area contributed by atoms with E-state index in [4.69, 9.17) is 13.9 Å². The van der Waals surface area contributed by atoms with E-state index in [-0.39, 0.29) is 21.1 Å². The fourth-order valence-electron chi connectivity index (χ4n) is 3.73. The van der Waals surface area contributed by atoms with Gasteiger partial charge in [0.05, 0.1) is 0 Å². The number of furan rings is 1. The Bertz CT molecular complexity index is 1480. The zero-order valence-corrected chi connectivity index (χ0v) is 20.3. The number of ether oxygens (including phenoxy) is 2. The summed E-state index contributed by atoms with van der Waals surface area (Å²) in [6.45, 7) is 1.96. The van der Waals surface area contributed by atoms with E-state index in [1.165, 1.54) is 0 Å². The molecule has 1 aliphatic heterocycles. The van der Waals surface area contributed by atoms with E-state index in [2.05, 4.69) is 17.1 Å². The Hall–Kier alpha value is -3.76. The average Bonchev–Trinajstić information content (AvgIpc) is 3.43. The minimum atomic E-state index is 0. The van der Waals surface area contributed by atoms with Crippen LogP contribution in [0.1, 0.15) is 0 Å². The molecule has 0 spiro atoms. The summed E-state index contributed by atoms with van der Waals surface area (Å²) in [5, 5.41) is 1.77. The maximum atomic E-state index is 6.31. The first-order valence-electron chi connectivity index (χ1n) is 10.4. The van der Waals surface area contributed by atoms with Crippen molar-refractivity contribution >= 4 is 27.6 Å². The Morgan fingerprint density at radius 1 is 0.882 bits per heavy atom. The van der Waals surface area contributed by atoms with Gasteiger partial charge in [-0.05, 0) is 42.4 Å². The van der Waals surface area contributed by atoms with Crippen LogP contribution in [0.25, 0.3) is 21.9 Å². The first-order chi connectivity index (χ1) is 16.2. The van der Waals surface area contributed by atoms with Crippen molar-refractivity contribution in [3.63, 3.8) is 0 Å². The maximum Gasteiger partial charge on any atom is 0.216 e. The molecule has 6 nitrogen and oxygen atoms in total. The van der Waals surface area contributed by atoms with Crippen LogP contribution in [-0.2, 0) is 21.1 Å². The van der Waals surface area contributed by atoms with Crippen LogP contribution < -0.4 is 14.4 Å². The van der Waals surface area contributed by atoms with Crippen molar-refractivity contribution in [1.82, 2.24) is 9.88 Å². The molecule has 34 heavy (non-hydrogen) atoms. The summed E-state index contributed by atoms with van der Waals surface area (Å²) in [7, 11) is 1.97. The molecule has 5 aromatic rings. The molecule has 6 rings (SSSR count). The van der Waals surface area contributed by atoms with Gasteiger partial charge in [-0.3, -0.25) is 0 Å². The van der Waals surface area contributed by atoms with Gasteiger partial charge in [0, 0.05) is 56.2 Å². The van der Waals surface area contributed by atoms with E-state index in [1.807, 2.05) is 90.5 Å². The predicted octanol–water partition coefficient (Wildman–Crippen LogP) is 6.51. The van der Waals surface area contributed by atoms with E-state index in [0.29, 0.717) is 28.7 Å². The van der Waals surface area contributed by atoms with Crippen LogP contribution in [0.2, 0.25) is 0 Å². The minimum absolute atomic E-state index is 0. The number of para-hydroxylation sites is 1. The van der Waals surface area contributed by atoms with Crippen molar-refractivity contribution in [3.8, 4) is 23.1 Å². The predicted molar refractivity (Wildman–Crippen MR) is 126 cm³/mol. The standard InChI is InChI=1S/C27H18N3O3.Pt/c1-29-13-14-30(18-29)19-7-6-8-20(15-19)31-24-16-21(32-26-11-4-5-12-28-26)17-25-27(24)22-9-2-3-10-23(22)33-25;/h2-14,17-18H,1H3;/q-3;. The average molecular weight is 628 g/mol. The summed E-state index contributed by atoms with van der Waals surface area (Å²) >= 11 is 0. The van der Waals surface area contributed by atoms with Crippen LogP contribution in [-0.4, -0.2) is 16.9 Å². The summed E-state index contributed by atoms with van der Waals surface area (Å²) in [5.74, 6) is 1.96. The number of fused-ring (bicyclic) bond motifs is 3. The number of nitrogens with zero attached hydrogens (tertiary/aromatic N) is 3. The van der Waals surface area contributed by atoms with Crippen LogP contribution in [0.15, 0.2) is 89.7 Å². The smallest absolute Gasteiger partial charge is 0.216 e. The molecule has 0 atom stereocenters. The third-order valence-electron chi connectivity index (χ3n) is 5.21. The fourth-order valence-corrected chi connectivity index (χ4v) is 3.73. The van der Waals surface area contributed by atoms with Crippen molar-refractivity contribution in [3.05, 3.63) is 104 Å². The zero-order valence-electron chi connectivity index (χ0n) is 18.0. The van der Waals surface area contributed by atoms with Gasteiger partial charge in [0.15, 0.2) is 0 Å². The molecule has 3 heterocycles. The molecule has 3 aromatic carbocycles. The van der Waals surface area contributed by atoms with Crippen molar-refractivity contribution < 1.29 is 35.0 Å². The normalized spacial score (nSPS) is 12.9. The van der Waals surface area contributed by atoms with E-state index >= 15 is 0 Å². The molecule has 172 valence electrons. The van der Waals surface area contributed by atoms with Gasteiger partial charge in [0.2, 0.25) is 5.88 Å². The summed E-state index contributed by atoms with van der Waals surface area (Å²) < 4.78 is 18.3. The molecule has 0 saturated heterocycles. The second kappa shape index (κ2) is 9.24. The molecule has 0 radical (unpaired) electrons. The Kier molecular flexibility index (Phi) is 5.99. The van der Waals surface area contributed by atoms with E-state index in [0.717, 1.165) is 22.0 Å². The molecule has 0 amide bonds. The number of pyridine rings is 1. The molecule has 0 saturated carbocycles. The number of aromatic nitrogens is 1. The van der Waals surface area contributed by atoms with Gasteiger partial charge in [0.25, 0.3) is 0 Å². The first-order valence-corrected chi connectivity index (χ1v) is 10.4. The molecule has 2 aromatic heterocycles. The molecule has 0 fully saturated rings. The minimum Gasteiger partial charge on any atom is -0.510 e. The quantitative estimate of drug-likeness (QED) is 0.207. The van der Waals surface area contributed by atoms with Crippen molar-refractivity contribution in [2.24, 2.45) is 0 Å². The summed E-state index contributed by atoms with van der Waals surface area (Å²) in [6, 6.07) is 27.5. The van der Waals surface area contributed by atoms with Crippen LogP contribution in [0.5, 0.6) is 23.1 Å². The molecular weight excluding hydrogens is 609 g/mol. The number of benzene rings is 3. The topological polar surface area (TPSA) is 51.0 Å². The summed E-state index contributed by atoms with van der Waals surface area (Å²) in [6.07, 6.45) is 5.60. The molecule has 0 unspecified atom stereocenters. The SMILES string of the molecule is CN1C=CN(c2[c-]c(Oc3[c-]c(Oc4ccccn4)cc4oc5ccccc5c34)ccc2)[CH-]1.[Pt]. The third kappa shape index (κ3) is 4.25. The van der Waals surface area contributed by atoms with Gasteiger partial charge in [-0.15, -0.1) is 23.9 Å². The number of anilines is 1. The maximum absolute atomic E-state index is 6.31. The number of rotatable bonds is 5. The Morgan fingerprint density at radius 2 is 1.76 bits per heavy atom. The Labute approximate surface area is 211 Å². The zero-order chi connectivity index (χ0) is 22.2. The summed E-state index contributed by atoms with van der Waals surface area (Å²) in [4.78, 5) is 8.17. The molecule has 0 bridgehead atoms. The van der Waals surface area contributed by atoms with Crippen molar-refractivity contribution in [2.45, 2.75) is 0 Å². The van der Waals surface area contributed by atoms with Crippen LogP contribution in [0, 0.1) is 18.8 Å². The van der Waals surface area contributed by atoms with Gasteiger partial charge in [-0.2, -0.15) is 12.7 Å². The van der Waals surface area contributed by atoms with E-state index in [1.54, 1.807) is 18.3 Å². The first kappa shape index (κ1) is 22.1. The van der Waals surface area contributed by atoms with Gasteiger partial charge < -0.3 is 23.7 Å². The molecule has 7 heteroatoms. The largest absolute Gasteiger partial charge is 0.510 e. The number of hydrogen-bond donors (Lipinski definition) is 0. The molecule has 0 N–H and O–H groups in total. The monoisotopic (exact) mass is 627 g/mol. The molecular formula is C27H18N3O3Pt-3. The molecule has 0 aliphatic carbocycles. The van der Waals surface area contributed by atoms with Gasteiger partial charge >= 0.3 is 0 Å². The Morgan fingerprint density at radius 3 is 2.59 bits per heavy atom. The van der Waals surface area contributed by atoms with Gasteiger partial charge in [-0.1, -0.05) is 36.4 Å². The molecule has 1 aliphatic rings. The summed E-state index contributed by atoms with van der Waals surface area (Å²) in [5.41, 5.74) is 2.27. The number of hydrogen-bond acceptors (Lipinski definition) is 6. The van der Waals surface area contributed by atoms with Gasteiger partial charge in [-0.25, -0.2) is 4.98 Å². The Balaban J connectivity index is 0.00000241. The second-order valence-corrected chi connectivity index (χ2v) is 7.56. The fraction of sp³-hybridized carbons (Fsp3) is 0.0370. The third-order valence-corrected chi connectivity index (χ3v) is 5.21. The van der Waals surface area contributed by atoms with Crippen molar-refractivity contribution in [2.75, 3.05) is 11.9 Å².